The Labute approximate surface area is 198 Å². The van der Waals surface area contributed by atoms with Crippen molar-refractivity contribution >= 4 is 28.6 Å². The van der Waals surface area contributed by atoms with Crippen LogP contribution in [0.1, 0.15) is 38.3 Å². The number of ether oxygens (including phenoxy) is 1. The minimum atomic E-state index is -0.496. The Bertz CT molecular complexity index is 1240. The van der Waals surface area contributed by atoms with Crippen LogP contribution in [0.3, 0.4) is 0 Å². The van der Waals surface area contributed by atoms with Gasteiger partial charge in [0, 0.05) is 61.1 Å². The minimum absolute atomic E-state index is 0.190. The fourth-order valence-corrected chi connectivity index (χ4v) is 4.42. The number of carbonyl (C=O) groups is 1. The van der Waals surface area contributed by atoms with Gasteiger partial charge in [-0.05, 0) is 57.0 Å². The zero-order valence-corrected chi connectivity index (χ0v) is 20.1. The van der Waals surface area contributed by atoms with Gasteiger partial charge in [0.15, 0.2) is 0 Å². The van der Waals surface area contributed by atoms with Crippen LogP contribution in [-0.2, 0) is 18.3 Å². The van der Waals surface area contributed by atoms with Gasteiger partial charge in [-0.15, -0.1) is 0 Å². The molecule has 1 aliphatic rings. The summed E-state index contributed by atoms with van der Waals surface area (Å²) in [6.07, 6.45) is 4.20. The summed E-state index contributed by atoms with van der Waals surface area (Å²) in [6.45, 7) is 7.53. The quantitative estimate of drug-likeness (QED) is 0.594. The number of hydrogen-bond donors (Lipinski definition) is 1. The van der Waals surface area contributed by atoms with Crippen LogP contribution in [0.2, 0.25) is 5.02 Å². The monoisotopic (exact) mass is 465 g/mol. The Kier molecular flexibility index (Phi) is 6.33. The third-order valence-corrected chi connectivity index (χ3v) is 6.01. The van der Waals surface area contributed by atoms with Crippen LogP contribution in [0.25, 0.3) is 22.2 Å². The molecule has 8 heteroatoms. The van der Waals surface area contributed by atoms with Crippen LogP contribution in [-0.4, -0.2) is 45.3 Å². The summed E-state index contributed by atoms with van der Waals surface area (Å²) in [7, 11) is 1.93. The zero-order chi connectivity index (χ0) is 23.8. The van der Waals surface area contributed by atoms with Gasteiger partial charge in [-0.25, -0.2) is 4.79 Å². The molecule has 4 rings (SSSR count). The van der Waals surface area contributed by atoms with E-state index in [0.717, 1.165) is 34.1 Å². The van der Waals surface area contributed by atoms with Gasteiger partial charge in [0.05, 0.1) is 16.8 Å². The number of fused-ring (bicyclic) bond motifs is 1. The summed E-state index contributed by atoms with van der Waals surface area (Å²) in [5.74, 6) is 0. The van der Waals surface area contributed by atoms with Crippen molar-refractivity contribution in [3.8, 4) is 17.3 Å². The lowest BCUT2D eigenvalue weighted by Gasteiger charge is -2.24. The highest BCUT2D eigenvalue weighted by atomic mass is 35.5. The number of amides is 1. The molecule has 33 heavy (non-hydrogen) atoms. The molecule has 1 aromatic carbocycles. The highest BCUT2D eigenvalue weighted by molar-refractivity contribution is 6.31. The van der Waals surface area contributed by atoms with Crippen molar-refractivity contribution in [3.05, 3.63) is 52.8 Å². The van der Waals surface area contributed by atoms with Gasteiger partial charge in [-0.1, -0.05) is 11.6 Å². The molecule has 1 N–H and O–H groups in total. The van der Waals surface area contributed by atoms with E-state index in [1.807, 2.05) is 50.7 Å². The second-order valence-corrected chi connectivity index (χ2v) is 9.87. The van der Waals surface area contributed by atoms with Crippen LogP contribution >= 0.6 is 11.6 Å². The van der Waals surface area contributed by atoms with E-state index in [0.29, 0.717) is 30.2 Å². The van der Waals surface area contributed by atoms with Gasteiger partial charge in [-0.2, -0.15) is 5.26 Å². The van der Waals surface area contributed by atoms with E-state index >= 15 is 0 Å². The highest BCUT2D eigenvalue weighted by Gasteiger charge is 2.29. The van der Waals surface area contributed by atoms with E-state index in [9.17, 15) is 10.1 Å². The molecule has 7 nitrogen and oxygen atoms in total. The number of rotatable bonds is 4. The third-order valence-electron chi connectivity index (χ3n) is 5.78. The van der Waals surface area contributed by atoms with Crippen molar-refractivity contribution in [1.29, 1.82) is 5.26 Å². The van der Waals surface area contributed by atoms with Crippen molar-refractivity contribution in [3.63, 3.8) is 0 Å². The number of aryl methyl sites for hydroxylation is 1. The summed E-state index contributed by atoms with van der Waals surface area (Å²) in [5.41, 5.74) is 3.73. The molecule has 172 valence electrons. The first-order chi connectivity index (χ1) is 15.7. The van der Waals surface area contributed by atoms with Crippen LogP contribution in [0.5, 0.6) is 0 Å². The largest absolute Gasteiger partial charge is 0.444 e. The van der Waals surface area contributed by atoms with E-state index in [1.54, 1.807) is 17.2 Å². The molecule has 1 aliphatic heterocycles. The van der Waals surface area contributed by atoms with Gasteiger partial charge in [0.2, 0.25) is 0 Å². The van der Waals surface area contributed by atoms with Gasteiger partial charge in [-0.3, -0.25) is 4.98 Å². The summed E-state index contributed by atoms with van der Waals surface area (Å²) in [4.78, 5) is 18.5. The average Bonchev–Trinajstić information content (AvgIpc) is 3.34. The molecule has 0 aliphatic carbocycles. The van der Waals surface area contributed by atoms with Crippen molar-refractivity contribution in [1.82, 2.24) is 19.8 Å². The first kappa shape index (κ1) is 23.1. The molecule has 0 saturated carbocycles. The standard InChI is InChI=1S/C25H28ClN5O2/c1-25(2,3)33-24(32)31-8-7-19(15-31)29-13-16-9-17(14-28-12-16)23-21(11-27)20-6-5-18(26)10-22(20)30(23)4/h5-6,9-10,12,14,19,29H,7-8,13,15H2,1-4H3/t19-/m1/s1. The molecule has 2 aromatic heterocycles. The molecule has 3 aromatic rings. The first-order valence-corrected chi connectivity index (χ1v) is 11.4. The van der Waals surface area contributed by atoms with Crippen molar-refractivity contribution in [2.75, 3.05) is 13.1 Å². The third kappa shape index (κ3) is 4.97. The molecular formula is C25H28ClN5O2. The smallest absolute Gasteiger partial charge is 0.410 e. The maximum Gasteiger partial charge on any atom is 0.410 e. The van der Waals surface area contributed by atoms with E-state index in [1.165, 1.54) is 0 Å². The summed E-state index contributed by atoms with van der Waals surface area (Å²) < 4.78 is 7.46. The topological polar surface area (TPSA) is 83.2 Å². The average molecular weight is 466 g/mol. The second-order valence-electron chi connectivity index (χ2n) is 9.43. The number of hydrogen-bond acceptors (Lipinski definition) is 5. The number of likely N-dealkylation sites (tertiary alicyclic amines) is 1. The Morgan fingerprint density at radius 2 is 2.12 bits per heavy atom. The van der Waals surface area contributed by atoms with Crippen LogP contribution in [0.4, 0.5) is 4.79 Å². The molecule has 0 unspecified atom stereocenters. The number of pyridine rings is 1. The van der Waals surface area contributed by atoms with Crippen LogP contribution in [0.15, 0.2) is 36.7 Å². The molecule has 1 fully saturated rings. The molecule has 0 radical (unpaired) electrons. The number of nitrogens with one attached hydrogen (secondary N) is 1. The summed E-state index contributed by atoms with van der Waals surface area (Å²) >= 11 is 6.18. The van der Waals surface area contributed by atoms with E-state index in [4.69, 9.17) is 16.3 Å². The van der Waals surface area contributed by atoms with E-state index < -0.39 is 5.60 Å². The number of nitriles is 1. The zero-order valence-electron chi connectivity index (χ0n) is 19.4. The highest BCUT2D eigenvalue weighted by Crippen LogP contribution is 2.34. The SMILES string of the molecule is Cn1c(-c2cncc(CN[C@@H]3CCN(C(=O)OC(C)(C)C)C3)c2)c(C#N)c2ccc(Cl)cc21. The molecular weight excluding hydrogens is 438 g/mol. The number of nitrogens with zero attached hydrogens (tertiary/aromatic N) is 4. The maximum atomic E-state index is 12.3. The van der Waals surface area contributed by atoms with Gasteiger partial charge in [0.1, 0.15) is 11.7 Å². The predicted molar refractivity (Wildman–Crippen MR) is 129 cm³/mol. The van der Waals surface area contributed by atoms with Gasteiger partial charge < -0.3 is 19.5 Å². The van der Waals surface area contributed by atoms with E-state index in [2.05, 4.69) is 22.4 Å². The van der Waals surface area contributed by atoms with Gasteiger partial charge >= 0.3 is 6.09 Å². The Morgan fingerprint density at radius 1 is 1.33 bits per heavy atom. The molecule has 3 heterocycles. The maximum absolute atomic E-state index is 12.3. The minimum Gasteiger partial charge on any atom is -0.444 e. The molecule has 0 bridgehead atoms. The van der Waals surface area contributed by atoms with Crippen molar-refractivity contribution in [2.45, 2.75) is 45.4 Å². The lowest BCUT2D eigenvalue weighted by molar-refractivity contribution is 0.0291. The lowest BCUT2D eigenvalue weighted by atomic mass is 10.1. The normalized spacial score (nSPS) is 16.2. The Morgan fingerprint density at radius 3 is 2.85 bits per heavy atom. The van der Waals surface area contributed by atoms with Crippen LogP contribution < -0.4 is 5.32 Å². The van der Waals surface area contributed by atoms with Gasteiger partial charge in [0.25, 0.3) is 0 Å². The Hall–Kier alpha value is -3.08. The number of aromatic nitrogens is 2. The summed E-state index contributed by atoms with van der Waals surface area (Å²) in [6, 6.07) is 10.1. The summed E-state index contributed by atoms with van der Waals surface area (Å²) in [5, 5.41) is 14.9. The number of halogens is 1. The second kappa shape index (κ2) is 9.05. The number of benzene rings is 1. The number of carbonyl (C=O) groups excluding carboxylic acids is 1. The molecule has 0 spiro atoms. The predicted octanol–water partition coefficient (Wildman–Crippen LogP) is 4.86. The fourth-order valence-electron chi connectivity index (χ4n) is 4.26. The lowest BCUT2D eigenvalue weighted by Crippen LogP contribution is -2.38. The molecule has 1 saturated heterocycles. The first-order valence-electron chi connectivity index (χ1n) is 11.0. The van der Waals surface area contributed by atoms with Crippen molar-refractivity contribution in [2.24, 2.45) is 7.05 Å². The van der Waals surface area contributed by atoms with E-state index in [-0.39, 0.29) is 12.1 Å². The van der Waals surface area contributed by atoms with Crippen molar-refractivity contribution < 1.29 is 9.53 Å². The Balaban J connectivity index is 1.49. The fraction of sp³-hybridized carbons (Fsp3) is 0.400. The van der Waals surface area contributed by atoms with Crippen LogP contribution in [0, 0.1) is 11.3 Å². The molecule has 1 atom stereocenters. The molecule has 1 amide bonds.